The van der Waals surface area contributed by atoms with Crippen molar-refractivity contribution in [3.63, 3.8) is 0 Å². The number of thiophene rings is 1. The molecule has 1 aliphatic carbocycles. The Labute approximate surface area is 120 Å². The molecule has 100 valence electrons. The fraction of sp³-hybridized carbons (Fsp3) is 0.615. The molecule has 0 saturated carbocycles. The second-order valence-corrected chi connectivity index (χ2v) is 7.49. The van der Waals surface area contributed by atoms with Crippen LogP contribution in [0.2, 0.25) is 0 Å². The van der Waals surface area contributed by atoms with Crippen LogP contribution < -0.4 is 10.6 Å². The topological polar surface area (TPSA) is 41.1 Å². The van der Waals surface area contributed by atoms with E-state index in [0.717, 1.165) is 6.42 Å². The summed E-state index contributed by atoms with van der Waals surface area (Å²) in [6, 6.07) is 2.72. The first-order valence-electron chi connectivity index (χ1n) is 6.37. The predicted octanol–water partition coefficient (Wildman–Crippen LogP) is 3.00. The Morgan fingerprint density at radius 3 is 3.11 bits per heavy atom. The van der Waals surface area contributed by atoms with Crippen molar-refractivity contribution in [1.29, 1.82) is 0 Å². The van der Waals surface area contributed by atoms with E-state index in [4.69, 9.17) is 0 Å². The van der Waals surface area contributed by atoms with Crippen molar-refractivity contribution in [2.45, 2.75) is 45.2 Å². The van der Waals surface area contributed by atoms with Gasteiger partial charge in [-0.25, -0.2) is 0 Å². The molecule has 0 fully saturated rings. The van der Waals surface area contributed by atoms with Gasteiger partial charge >= 0.3 is 0 Å². The van der Waals surface area contributed by atoms with Crippen molar-refractivity contribution in [3.8, 4) is 0 Å². The molecule has 5 heteroatoms. The van der Waals surface area contributed by atoms with E-state index in [2.05, 4.69) is 32.6 Å². The molecule has 1 atom stereocenters. The van der Waals surface area contributed by atoms with E-state index in [0.29, 0.717) is 12.6 Å². The van der Waals surface area contributed by atoms with Crippen LogP contribution in [0.5, 0.6) is 0 Å². The first-order chi connectivity index (χ1) is 8.56. The van der Waals surface area contributed by atoms with Crippen LogP contribution in [0.4, 0.5) is 0 Å². The van der Waals surface area contributed by atoms with E-state index in [-0.39, 0.29) is 11.9 Å². The first-order valence-corrected chi connectivity index (χ1v) is 7.98. The van der Waals surface area contributed by atoms with Gasteiger partial charge in [-0.1, -0.05) is 0 Å². The van der Waals surface area contributed by atoms with Crippen LogP contribution in [0.3, 0.4) is 0 Å². The van der Waals surface area contributed by atoms with Crippen molar-refractivity contribution in [2.24, 2.45) is 0 Å². The average molecular weight is 331 g/mol. The van der Waals surface area contributed by atoms with Crippen molar-refractivity contribution in [3.05, 3.63) is 20.3 Å². The molecule has 1 heterocycles. The van der Waals surface area contributed by atoms with Gasteiger partial charge in [0.15, 0.2) is 0 Å². The molecular formula is C13H19BrN2OS. The summed E-state index contributed by atoms with van der Waals surface area (Å²) in [6.45, 7) is 4.36. The Morgan fingerprint density at radius 1 is 1.61 bits per heavy atom. The molecule has 1 aromatic heterocycles. The van der Waals surface area contributed by atoms with Crippen molar-refractivity contribution in [1.82, 2.24) is 10.6 Å². The quantitative estimate of drug-likeness (QED) is 0.890. The maximum absolute atomic E-state index is 11.6. The van der Waals surface area contributed by atoms with E-state index < -0.39 is 0 Å². The summed E-state index contributed by atoms with van der Waals surface area (Å²) in [5, 5.41) is 6.27. The second-order valence-electron chi connectivity index (χ2n) is 4.98. The molecule has 1 aliphatic rings. The summed E-state index contributed by atoms with van der Waals surface area (Å²) in [7, 11) is 0. The number of fused-ring (bicyclic) bond motifs is 1. The molecule has 3 nitrogen and oxygen atoms in total. The summed E-state index contributed by atoms with van der Waals surface area (Å²) in [5.41, 5.74) is 1.37. The zero-order chi connectivity index (χ0) is 13.1. The van der Waals surface area contributed by atoms with Gasteiger partial charge in [-0.3, -0.25) is 4.79 Å². The van der Waals surface area contributed by atoms with Gasteiger partial charge < -0.3 is 10.6 Å². The van der Waals surface area contributed by atoms with E-state index in [1.165, 1.54) is 27.1 Å². The number of amides is 1. The third kappa shape index (κ3) is 3.56. The lowest BCUT2D eigenvalue weighted by atomic mass is 9.94. The van der Waals surface area contributed by atoms with Gasteiger partial charge in [-0.05, 0) is 60.7 Å². The molecule has 0 spiro atoms. The molecule has 1 unspecified atom stereocenters. The third-order valence-electron chi connectivity index (χ3n) is 3.04. The van der Waals surface area contributed by atoms with Crippen LogP contribution in [0.15, 0.2) is 9.85 Å². The Morgan fingerprint density at radius 2 is 2.39 bits per heavy atom. The van der Waals surface area contributed by atoms with E-state index in [1.807, 2.05) is 25.2 Å². The number of carbonyl (C=O) groups excluding carboxylic acids is 1. The van der Waals surface area contributed by atoms with Crippen LogP contribution >= 0.6 is 27.3 Å². The lowest BCUT2D eigenvalue weighted by Crippen LogP contribution is -2.39. The SMILES string of the molecule is CC(C)NC(=O)CNC1CCCc2sc(Br)cc21. The maximum atomic E-state index is 11.6. The maximum Gasteiger partial charge on any atom is 0.234 e. The number of nitrogens with one attached hydrogen (secondary N) is 2. The van der Waals surface area contributed by atoms with Gasteiger partial charge in [0.2, 0.25) is 5.91 Å². The minimum Gasteiger partial charge on any atom is -0.353 e. The highest BCUT2D eigenvalue weighted by Crippen LogP contribution is 2.37. The van der Waals surface area contributed by atoms with Crippen LogP contribution in [-0.4, -0.2) is 18.5 Å². The highest BCUT2D eigenvalue weighted by Gasteiger charge is 2.22. The summed E-state index contributed by atoms with van der Waals surface area (Å²) < 4.78 is 1.19. The molecule has 0 aliphatic heterocycles. The number of rotatable bonds is 4. The standard InChI is InChI=1S/C13H19BrN2OS/c1-8(2)16-13(17)7-15-10-4-3-5-11-9(10)6-12(14)18-11/h6,8,10,15H,3-5,7H2,1-2H3,(H,16,17). The van der Waals surface area contributed by atoms with Crippen molar-refractivity contribution in [2.75, 3.05) is 6.54 Å². The zero-order valence-corrected chi connectivity index (χ0v) is 13.2. The van der Waals surface area contributed by atoms with Gasteiger partial charge in [0, 0.05) is 17.0 Å². The van der Waals surface area contributed by atoms with Crippen LogP contribution in [0, 0.1) is 0 Å². The fourth-order valence-electron chi connectivity index (χ4n) is 2.32. The van der Waals surface area contributed by atoms with Gasteiger partial charge in [-0.15, -0.1) is 11.3 Å². The van der Waals surface area contributed by atoms with Gasteiger partial charge in [0.1, 0.15) is 0 Å². The smallest absolute Gasteiger partial charge is 0.234 e. The van der Waals surface area contributed by atoms with Gasteiger partial charge in [0.25, 0.3) is 0 Å². The number of aryl methyl sites for hydroxylation is 1. The van der Waals surface area contributed by atoms with Crippen molar-refractivity contribution < 1.29 is 4.79 Å². The molecule has 1 amide bonds. The van der Waals surface area contributed by atoms with Gasteiger partial charge in [0.05, 0.1) is 10.3 Å². The minimum atomic E-state index is 0.0754. The van der Waals surface area contributed by atoms with E-state index in [9.17, 15) is 4.79 Å². The Balaban J connectivity index is 1.93. The third-order valence-corrected chi connectivity index (χ3v) is 4.76. The first kappa shape index (κ1) is 14.0. The number of halogens is 1. The average Bonchev–Trinajstić information content (AvgIpc) is 2.66. The molecular weight excluding hydrogens is 312 g/mol. The summed E-state index contributed by atoms with van der Waals surface area (Å²) >= 11 is 5.36. The largest absolute Gasteiger partial charge is 0.353 e. The normalized spacial score (nSPS) is 18.8. The lowest BCUT2D eigenvalue weighted by Gasteiger charge is -2.23. The predicted molar refractivity (Wildman–Crippen MR) is 79.0 cm³/mol. The molecule has 2 rings (SSSR count). The Hall–Kier alpha value is -0.390. The molecule has 0 radical (unpaired) electrons. The van der Waals surface area contributed by atoms with Crippen molar-refractivity contribution >= 4 is 33.2 Å². The monoisotopic (exact) mass is 330 g/mol. The van der Waals surface area contributed by atoms with Crippen LogP contribution in [0.1, 0.15) is 43.2 Å². The molecule has 0 aromatic carbocycles. The molecule has 0 bridgehead atoms. The number of carbonyl (C=O) groups is 1. The Bertz CT molecular complexity index is 431. The van der Waals surface area contributed by atoms with Crippen LogP contribution in [-0.2, 0) is 11.2 Å². The number of hydrogen-bond acceptors (Lipinski definition) is 3. The summed E-state index contributed by atoms with van der Waals surface area (Å²) in [5.74, 6) is 0.0754. The van der Waals surface area contributed by atoms with E-state index >= 15 is 0 Å². The summed E-state index contributed by atoms with van der Waals surface area (Å²) in [6.07, 6.45) is 3.48. The molecule has 1 aromatic rings. The summed E-state index contributed by atoms with van der Waals surface area (Å²) in [4.78, 5) is 13.1. The lowest BCUT2D eigenvalue weighted by molar-refractivity contribution is -0.120. The van der Waals surface area contributed by atoms with Gasteiger partial charge in [-0.2, -0.15) is 0 Å². The Kier molecular flexibility index (Phi) is 4.81. The van der Waals surface area contributed by atoms with Crippen LogP contribution in [0.25, 0.3) is 0 Å². The second kappa shape index (κ2) is 6.17. The highest BCUT2D eigenvalue weighted by molar-refractivity contribution is 9.11. The minimum absolute atomic E-state index is 0.0754. The fourth-order valence-corrected chi connectivity index (χ4v) is 4.14. The molecule has 0 saturated heterocycles. The molecule has 18 heavy (non-hydrogen) atoms. The molecule has 2 N–H and O–H groups in total. The highest BCUT2D eigenvalue weighted by atomic mass is 79.9. The zero-order valence-electron chi connectivity index (χ0n) is 10.8. The number of hydrogen-bond donors (Lipinski definition) is 2. The van der Waals surface area contributed by atoms with E-state index in [1.54, 1.807) is 0 Å².